The lowest BCUT2D eigenvalue weighted by atomic mass is 10.2. The van der Waals surface area contributed by atoms with E-state index in [1.807, 2.05) is 42.2 Å². The molecule has 1 atom stereocenters. The summed E-state index contributed by atoms with van der Waals surface area (Å²) in [6, 6.07) is 9.87. The van der Waals surface area contributed by atoms with Crippen LogP contribution in [0.5, 0.6) is 0 Å². The molecule has 1 saturated carbocycles. The first kappa shape index (κ1) is 21.0. The summed E-state index contributed by atoms with van der Waals surface area (Å²) in [5.74, 6) is 1.68. The van der Waals surface area contributed by atoms with E-state index in [0.717, 1.165) is 30.7 Å². The number of anilines is 1. The minimum atomic E-state index is 0. The van der Waals surface area contributed by atoms with Gasteiger partial charge in [0.25, 0.3) is 0 Å². The number of rotatable bonds is 8. The van der Waals surface area contributed by atoms with E-state index in [2.05, 4.69) is 15.6 Å². The average molecular weight is 472 g/mol. The van der Waals surface area contributed by atoms with Gasteiger partial charge in [0.2, 0.25) is 5.91 Å². The van der Waals surface area contributed by atoms with Crippen molar-refractivity contribution in [1.82, 2.24) is 10.6 Å². The SMILES string of the molecule is CCNC(=NCCOCC1CC1)NC1CC(=O)N(c2ccccc2)C1.I. The van der Waals surface area contributed by atoms with Crippen molar-refractivity contribution in [2.45, 2.75) is 32.2 Å². The van der Waals surface area contributed by atoms with E-state index in [0.29, 0.717) is 26.1 Å². The number of nitrogens with zero attached hydrogens (tertiary/aromatic N) is 2. The fourth-order valence-electron chi connectivity index (χ4n) is 2.93. The molecule has 6 nitrogen and oxygen atoms in total. The van der Waals surface area contributed by atoms with Crippen molar-refractivity contribution in [2.24, 2.45) is 10.9 Å². The highest BCUT2D eigenvalue weighted by Gasteiger charge is 2.31. The number of amides is 1. The summed E-state index contributed by atoms with van der Waals surface area (Å²) >= 11 is 0. The van der Waals surface area contributed by atoms with Gasteiger partial charge in [-0.15, -0.1) is 24.0 Å². The first-order valence-electron chi connectivity index (χ1n) is 9.24. The summed E-state index contributed by atoms with van der Waals surface area (Å²) in [5, 5.41) is 6.62. The van der Waals surface area contributed by atoms with Crippen LogP contribution >= 0.6 is 24.0 Å². The fourth-order valence-corrected chi connectivity index (χ4v) is 2.93. The van der Waals surface area contributed by atoms with Crippen molar-refractivity contribution in [2.75, 3.05) is 37.7 Å². The number of aliphatic imine (C=N–C) groups is 1. The Hall–Kier alpha value is -1.35. The third kappa shape index (κ3) is 6.42. The van der Waals surface area contributed by atoms with E-state index in [4.69, 9.17) is 4.74 Å². The molecule has 144 valence electrons. The van der Waals surface area contributed by atoms with Gasteiger partial charge in [0.15, 0.2) is 5.96 Å². The molecule has 1 aliphatic heterocycles. The Labute approximate surface area is 172 Å². The van der Waals surface area contributed by atoms with Crippen molar-refractivity contribution in [1.29, 1.82) is 0 Å². The number of nitrogens with one attached hydrogen (secondary N) is 2. The van der Waals surface area contributed by atoms with Gasteiger partial charge in [0.05, 0.1) is 19.2 Å². The number of guanidine groups is 1. The minimum Gasteiger partial charge on any atom is -0.379 e. The number of hydrogen-bond donors (Lipinski definition) is 2. The van der Waals surface area contributed by atoms with Gasteiger partial charge in [0.1, 0.15) is 0 Å². The molecule has 1 heterocycles. The molecular weight excluding hydrogens is 443 g/mol. The first-order valence-corrected chi connectivity index (χ1v) is 9.24. The predicted molar refractivity (Wildman–Crippen MR) is 115 cm³/mol. The third-order valence-corrected chi connectivity index (χ3v) is 4.43. The molecule has 0 aromatic heterocycles. The molecule has 1 unspecified atom stereocenters. The monoisotopic (exact) mass is 472 g/mol. The standard InChI is InChI=1S/C19H28N4O2.HI/c1-2-20-19(21-10-11-25-14-15-8-9-15)22-16-12-18(24)23(13-16)17-6-4-3-5-7-17;/h3-7,15-16H,2,8-14H2,1H3,(H2,20,21,22);1H. The van der Waals surface area contributed by atoms with Gasteiger partial charge in [-0.05, 0) is 37.8 Å². The highest BCUT2D eigenvalue weighted by molar-refractivity contribution is 14.0. The zero-order valence-corrected chi connectivity index (χ0v) is 17.6. The summed E-state index contributed by atoms with van der Waals surface area (Å²) in [5.41, 5.74) is 0.951. The molecule has 0 bridgehead atoms. The second-order valence-electron chi connectivity index (χ2n) is 6.66. The Morgan fingerprint density at radius 3 is 2.77 bits per heavy atom. The van der Waals surface area contributed by atoms with Crippen LogP contribution in [0, 0.1) is 5.92 Å². The quantitative estimate of drug-likeness (QED) is 0.264. The van der Waals surface area contributed by atoms with Crippen LogP contribution in [-0.2, 0) is 9.53 Å². The van der Waals surface area contributed by atoms with E-state index >= 15 is 0 Å². The molecule has 1 aromatic carbocycles. The van der Waals surface area contributed by atoms with Crippen molar-refractivity contribution >= 4 is 41.5 Å². The smallest absolute Gasteiger partial charge is 0.229 e. The molecule has 0 radical (unpaired) electrons. The zero-order chi connectivity index (χ0) is 17.5. The largest absolute Gasteiger partial charge is 0.379 e. The molecule has 26 heavy (non-hydrogen) atoms. The molecule has 7 heteroatoms. The molecular formula is C19H29IN4O2. The Morgan fingerprint density at radius 2 is 2.08 bits per heavy atom. The van der Waals surface area contributed by atoms with Crippen molar-refractivity contribution in [3.8, 4) is 0 Å². The maximum atomic E-state index is 12.3. The van der Waals surface area contributed by atoms with Crippen LogP contribution in [-0.4, -0.2) is 50.8 Å². The number of benzene rings is 1. The summed E-state index contributed by atoms with van der Waals surface area (Å²) in [6.45, 7) is 5.63. The Balaban J connectivity index is 0.00000243. The maximum absolute atomic E-state index is 12.3. The van der Waals surface area contributed by atoms with Gasteiger partial charge in [-0.2, -0.15) is 0 Å². The molecule has 1 saturated heterocycles. The maximum Gasteiger partial charge on any atom is 0.229 e. The number of halogens is 1. The van der Waals surface area contributed by atoms with E-state index in [1.54, 1.807) is 0 Å². The van der Waals surface area contributed by atoms with Crippen molar-refractivity contribution in [3.05, 3.63) is 30.3 Å². The minimum absolute atomic E-state index is 0. The van der Waals surface area contributed by atoms with Crippen LogP contribution in [0.1, 0.15) is 26.2 Å². The average Bonchev–Trinajstić information content (AvgIpc) is 3.37. The van der Waals surface area contributed by atoms with Gasteiger partial charge in [-0.3, -0.25) is 9.79 Å². The lowest BCUT2D eigenvalue weighted by Crippen LogP contribution is -2.44. The molecule has 2 N–H and O–H groups in total. The van der Waals surface area contributed by atoms with Crippen LogP contribution in [0.4, 0.5) is 5.69 Å². The Kier molecular flexibility index (Phi) is 8.64. The Morgan fingerprint density at radius 1 is 1.31 bits per heavy atom. The predicted octanol–water partition coefficient (Wildman–Crippen LogP) is 2.39. The van der Waals surface area contributed by atoms with Gasteiger partial charge in [0, 0.05) is 31.8 Å². The topological polar surface area (TPSA) is 66.0 Å². The van der Waals surface area contributed by atoms with Crippen LogP contribution in [0.2, 0.25) is 0 Å². The summed E-state index contributed by atoms with van der Waals surface area (Å²) in [4.78, 5) is 18.7. The number of hydrogen-bond acceptors (Lipinski definition) is 3. The summed E-state index contributed by atoms with van der Waals surface area (Å²) in [7, 11) is 0. The number of para-hydroxylation sites is 1. The van der Waals surface area contributed by atoms with E-state index in [-0.39, 0.29) is 35.9 Å². The Bertz CT molecular complexity index is 592. The van der Waals surface area contributed by atoms with Crippen LogP contribution < -0.4 is 15.5 Å². The molecule has 0 spiro atoms. The molecule has 2 fully saturated rings. The van der Waals surface area contributed by atoms with E-state index < -0.39 is 0 Å². The molecule has 1 aliphatic carbocycles. The normalized spacial score (nSPS) is 20.0. The number of ether oxygens (including phenoxy) is 1. The van der Waals surface area contributed by atoms with Crippen molar-refractivity contribution in [3.63, 3.8) is 0 Å². The number of carbonyl (C=O) groups is 1. The first-order chi connectivity index (χ1) is 12.3. The second kappa shape index (κ2) is 10.7. The summed E-state index contributed by atoms with van der Waals surface area (Å²) in [6.07, 6.45) is 3.10. The summed E-state index contributed by atoms with van der Waals surface area (Å²) < 4.78 is 5.62. The van der Waals surface area contributed by atoms with Crippen molar-refractivity contribution < 1.29 is 9.53 Å². The van der Waals surface area contributed by atoms with Gasteiger partial charge < -0.3 is 20.3 Å². The third-order valence-electron chi connectivity index (χ3n) is 4.43. The lowest BCUT2D eigenvalue weighted by molar-refractivity contribution is -0.117. The van der Waals surface area contributed by atoms with E-state index in [9.17, 15) is 4.79 Å². The molecule has 3 rings (SSSR count). The second-order valence-corrected chi connectivity index (χ2v) is 6.66. The van der Waals surface area contributed by atoms with Gasteiger partial charge in [-0.1, -0.05) is 18.2 Å². The van der Waals surface area contributed by atoms with Crippen LogP contribution in [0.25, 0.3) is 0 Å². The van der Waals surface area contributed by atoms with Gasteiger partial charge in [-0.25, -0.2) is 0 Å². The zero-order valence-electron chi connectivity index (χ0n) is 15.3. The fraction of sp³-hybridized carbons (Fsp3) is 0.579. The highest BCUT2D eigenvalue weighted by atomic mass is 127. The molecule has 2 aliphatic rings. The number of carbonyl (C=O) groups excluding carboxylic acids is 1. The molecule has 1 amide bonds. The van der Waals surface area contributed by atoms with Gasteiger partial charge >= 0.3 is 0 Å². The highest BCUT2D eigenvalue weighted by Crippen LogP contribution is 2.28. The lowest BCUT2D eigenvalue weighted by Gasteiger charge is -2.19. The van der Waals surface area contributed by atoms with Crippen LogP contribution in [0.15, 0.2) is 35.3 Å². The van der Waals surface area contributed by atoms with Crippen LogP contribution in [0.3, 0.4) is 0 Å². The van der Waals surface area contributed by atoms with E-state index in [1.165, 1.54) is 12.8 Å². The molecule has 1 aromatic rings.